The maximum absolute atomic E-state index is 13.2. The number of aliphatic hydroxyl groups excluding tert-OH is 1. The zero-order valence-corrected chi connectivity index (χ0v) is 16.7. The van der Waals surface area contributed by atoms with Gasteiger partial charge in [-0.25, -0.2) is 14.2 Å². The minimum Gasteiger partial charge on any atom is -0.396 e. The number of hydrogen-bond donors (Lipinski definition) is 3. The van der Waals surface area contributed by atoms with Gasteiger partial charge in [-0.2, -0.15) is 0 Å². The van der Waals surface area contributed by atoms with E-state index in [0.717, 1.165) is 17.0 Å². The molecule has 1 aromatic carbocycles. The van der Waals surface area contributed by atoms with Crippen molar-refractivity contribution in [2.45, 2.75) is 26.1 Å². The molecule has 0 spiro atoms. The molecule has 0 atom stereocenters. The second kappa shape index (κ2) is 10.1. The number of rotatable bonds is 9. The molecule has 10 heteroatoms. The molecule has 2 aromatic heterocycles. The van der Waals surface area contributed by atoms with Crippen LogP contribution in [0.5, 0.6) is 0 Å². The van der Waals surface area contributed by atoms with Gasteiger partial charge in [-0.3, -0.25) is 10.2 Å². The Balaban J connectivity index is 1.47. The van der Waals surface area contributed by atoms with Crippen molar-refractivity contribution >= 4 is 22.5 Å². The van der Waals surface area contributed by atoms with Gasteiger partial charge in [0.1, 0.15) is 12.1 Å². The molecule has 8 nitrogen and oxygen atoms in total. The highest BCUT2D eigenvalue weighted by Gasteiger charge is 2.12. The average Bonchev–Trinajstić information content (AvgIpc) is 3.30. The maximum Gasteiger partial charge on any atom is 0.321 e. The van der Waals surface area contributed by atoms with Crippen molar-refractivity contribution < 1.29 is 18.8 Å². The zero-order chi connectivity index (χ0) is 20.6. The monoisotopic (exact) mass is 419 g/mol. The second-order valence-electron chi connectivity index (χ2n) is 6.51. The largest absolute Gasteiger partial charge is 0.396 e. The molecule has 154 valence electrons. The summed E-state index contributed by atoms with van der Waals surface area (Å²) in [5.41, 5.74) is 3.16. The van der Waals surface area contributed by atoms with Crippen LogP contribution in [-0.4, -0.2) is 39.8 Å². The molecule has 0 unspecified atom stereocenters. The summed E-state index contributed by atoms with van der Waals surface area (Å²) >= 11 is 1.33. The Hall–Kier alpha value is -2.82. The third-order valence-electron chi connectivity index (χ3n) is 4.06. The van der Waals surface area contributed by atoms with Crippen molar-refractivity contribution in [3.8, 4) is 0 Å². The van der Waals surface area contributed by atoms with E-state index in [1.807, 2.05) is 17.3 Å². The van der Waals surface area contributed by atoms with Crippen LogP contribution in [-0.2, 0) is 26.1 Å². The molecule has 0 aliphatic heterocycles. The van der Waals surface area contributed by atoms with Crippen molar-refractivity contribution in [1.29, 1.82) is 0 Å². The van der Waals surface area contributed by atoms with Crippen molar-refractivity contribution in [2.75, 3.05) is 19.0 Å². The summed E-state index contributed by atoms with van der Waals surface area (Å²) in [6, 6.07) is 5.66. The Morgan fingerprint density at radius 2 is 2.24 bits per heavy atom. The van der Waals surface area contributed by atoms with Crippen LogP contribution in [0.15, 0.2) is 40.4 Å². The lowest BCUT2D eigenvalue weighted by Crippen LogP contribution is -2.28. The molecular formula is C19H22FN5O3S. The van der Waals surface area contributed by atoms with Gasteiger partial charge in [0.25, 0.3) is 0 Å². The van der Waals surface area contributed by atoms with Gasteiger partial charge in [0.15, 0.2) is 5.13 Å². The van der Waals surface area contributed by atoms with E-state index in [1.54, 1.807) is 18.4 Å². The van der Waals surface area contributed by atoms with E-state index in [0.29, 0.717) is 30.2 Å². The standard InChI is InChI=1S/C19H22FN5O3S/c1-25(9-14-11-28-24-17(14)5-6-26)10-16-12-29-19(22-16)23-18(27)21-8-13-3-2-4-15(20)7-13/h2-4,7,11-12,26H,5-6,8-10H2,1H3,(H2,21,22,23,27). The second-order valence-corrected chi connectivity index (χ2v) is 7.37. The number of halogens is 1. The molecule has 3 N–H and O–H groups in total. The molecule has 3 aromatic rings. The van der Waals surface area contributed by atoms with Crippen LogP contribution in [0.4, 0.5) is 14.3 Å². The molecule has 0 fully saturated rings. The number of carbonyl (C=O) groups excluding carboxylic acids is 1. The van der Waals surface area contributed by atoms with Gasteiger partial charge in [-0.1, -0.05) is 17.3 Å². The van der Waals surface area contributed by atoms with Gasteiger partial charge in [-0.05, 0) is 24.7 Å². The van der Waals surface area contributed by atoms with E-state index < -0.39 is 6.03 Å². The number of nitrogens with zero attached hydrogens (tertiary/aromatic N) is 3. The fraction of sp³-hybridized carbons (Fsp3) is 0.316. The van der Waals surface area contributed by atoms with Crippen LogP contribution in [0.25, 0.3) is 0 Å². The van der Waals surface area contributed by atoms with E-state index in [9.17, 15) is 9.18 Å². The molecule has 0 aliphatic rings. The summed E-state index contributed by atoms with van der Waals surface area (Å²) < 4.78 is 18.1. The fourth-order valence-corrected chi connectivity index (χ4v) is 3.45. The number of anilines is 1. The molecule has 2 amide bonds. The predicted molar refractivity (Wildman–Crippen MR) is 107 cm³/mol. The van der Waals surface area contributed by atoms with Crippen molar-refractivity contribution in [3.63, 3.8) is 0 Å². The Morgan fingerprint density at radius 3 is 3.03 bits per heavy atom. The molecule has 3 rings (SSSR count). The summed E-state index contributed by atoms with van der Waals surface area (Å²) in [6.45, 7) is 1.42. The molecule has 2 heterocycles. The SMILES string of the molecule is CN(Cc1csc(NC(=O)NCc2cccc(F)c2)n1)Cc1conc1CCO. The lowest BCUT2D eigenvalue weighted by atomic mass is 10.2. The Kier molecular flexibility index (Phi) is 7.28. The first-order chi connectivity index (χ1) is 14.0. The van der Waals surface area contributed by atoms with E-state index in [2.05, 4.69) is 20.8 Å². The van der Waals surface area contributed by atoms with Crippen molar-refractivity contribution in [3.05, 3.63) is 64.2 Å². The third-order valence-corrected chi connectivity index (χ3v) is 4.87. The number of hydrogen-bond acceptors (Lipinski definition) is 7. The fourth-order valence-electron chi connectivity index (χ4n) is 2.75. The average molecular weight is 419 g/mol. The molecule has 29 heavy (non-hydrogen) atoms. The first kappa shape index (κ1) is 20.9. The van der Waals surface area contributed by atoms with Gasteiger partial charge >= 0.3 is 6.03 Å². The molecular weight excluding hydrogens is 397 g/mol. The van der Waals surface area contributed by atoms with Crippen LogP contribution in [0.2, 0.25) is 0 Å². The minimum absolute atomic E-state index is 0.0195. The Morgan fingerprint density at radius 1 is 1.38 bits per heavy atom. The first-order valence-corrected chi connectivity index (χ1v) is 9.86. The molecule has 0 radical (unpaired) electrons. The number of nitrogens with one attached hydrogen (secondary N) is 2. The highest BCUT2D eigenvalue weighted by molar-refractivity contribution is 7.13. The number of amides is 2. The summed E-state index contributed by atoms with van der Waals surface area (Å²) in [5.74, 6) is -0.340. The van der Waals surface area contributed by atoms with Crippen LogP contribution < -0.4 is 10.6 Å². The summed E-state index contributed by atoms with van der Waals surface area (Å²) in [7, 11) is 1.94. The zero-order valence-electron chi connectivity index (χ0n) is 15.9. The topological polar surface area (TPSA) is 104 Å². The minimum atomic E-state index is -0.401. The van der Waals surface area contributed by atoms with Gasteiger partial charge < -0.3 is 14.9 Å². The maximum atomic E-state index is 13.2. The summed E-state index contributed by atoms with van der Waals surface area (Å²) in [6.07, 6.45) is 2.04. The molecule has 0 saturated carbocycles. The number of carbonyl (C=O) groups is 1. The molecule has 0 aliphatic carbocycles. The van der Waals surface area contributed by atoms with Crippen LogP contribution >= 0.6 is 11.3 Å². The van der Waals surface area contributed by atoms with Crippen LogP contribution in [0.1, 0.15) is 22.5 Å². The molecule has 0 bridgehead atoms. The highest BCUT2D eigenvalue weighted by atomic mass is 32.1. The van der Waals surface area contributed by atoms with Crippen molar-refractivity contribution in [2.24, 2.45) is 0 Å². The summed E-state index contributed by atoms with van der Waals surface area (Å²) in [5, 5.41) is 20.7. The van der Waals surface area contributed by atoms with Crippen molar-refractivity contribution in [1.82, 2.24) is 20.4 Å². The summed E-state index contributed by atoms with van der Waals surface area (Å²) in [4.78, 5) is 18.5. The lowest BCUT2D eigenvalue weighted by molar-refractivity contribution is 0.251. The smallest absolute Gasteiger partial charge is 0.321 e. The van der Waals surface area contributed by atoms with Gasteiger partial charge in [-0.15, -0.1) is 11.3 Å². The lowest BCUT2D eigenvalue weighted by Gasteiger charge is -2.14. The predicted octanol–water partition coefficient (Wildman–Crippen LogP) is 2.76. The Bertz CT molecular complexity index is 945. The highest BCUT2D eigenvalue weighted by Crippen LogP contribution is 2.18. The first-order valence-electron chi connectivity index (χ1n) is 8.98. The van der Waals surface area contributed by atoms with E-state index >= 15 is 0 Å². The number of aromatic nitrogens is 2. The van der Waals surface area contributed by atoms with Gasteiger partial charge in [0, 0.05) is 43.6 Å². The van der Waals surface area contributed by atoms with Gasteiger partial charge in [0.05, 0.1) is 11.4 Å². The van der Waals surface area contributed by atoms with Gasteiger partial charge in [0.2, 0.25) is 0 Å². The third kappa shape index (κ3) is 6.34. The van der Waals surface area contributed by atoms with Crippen LogP contribution in [0, 0.1) is 5.82 Å². The normalized spacial score (nSPS) is 11.0. The number of benzene rings is 1. The quantitative estimate of drug-likeness (QED) is 0.493. The van der Waals surface area contributed by atoms with E-state index in [4.69, 9.17) is 9.63 Å². The Labute approximate surface area is 171 Å². The van der Waals surface area contributed by atoms with Crippen LogP contribution in [0.3, 0.4) is 0 Å². The number of aliphatic hydroxyl groups is 1. The number of thiazole rings is 1. The molecule has 0 saturated heterocycles. The van der Waals surface area contributed by atoms with E-state index in [1.165, 1.54) is 23.5 Å². The number of urea groups is 1. The van der Waals surface area contributed by atoms with E-state index in [-0.39, 0.29) is 19.0 Å².